The molecule has 9 heteroatoms. The van der Waals surface area contributed by atoms with Crippen molar-refractivity contribution in [2.75, 3.05) is 0 Å². The number of hydrogen-bond acceptors (Lipinski definition) is 7. The number of hydrogen-bond donors (Lipinski definition) is 1. The topological polar surface area (TPSA) is 98.0 Å². The molecule has 0 aliphatic heterocycles. The minimum absolute atomic E-state index is 0.188. The highest BCUT2D eigenvalue weighted by molar-refractivity contribution is 7.89. The van der Waals surface area contributed by atoms with E-state index in [-0.39, 0.29) is 10.8 Å². The van der Waals surface area contributed by atoms with Gasteiger partial charge in [0, 0.05) is 16.5 Å². The molecular formula is C21H20N4O3S2. The SMILES string of the molecule is Cc1ccc(S(=O)(=O)N[C@H](C)c2nc(-c3ccc(-c4csc(C)n4)cc3)no2)cc1. The minimum Gasteiger partial charge on any atom is -0.337 e. The molecule has 0 radical (unpaired) electrons. The van der Waals surface area contributed by atoms with E-state index in [4.69, 9.17) is 4.52 Å². The van der Waals surface area contributed by atoms with Gasteiger partial charge in [0.05, 0.1) is 21.6 Å². The Hall–Kier alpha value is -2.88. The summed E-state index contributed by atoms with van der Waals surface area (Å²) in [6.07, 6.45) is 0. The second kappa shape index (κ2) is 8.10. The molecule has 2 aromatic carbocycles. The summed E-state index contributed by atoms with van der Waals surface area (Å²) in [5.41, 5.74) is 3.69. The fraction of sp³-hybridized carbons (Fsp3) is 0.190. The van der Waals surface area contributed by atoms with Gasteiger partial charge >= 0.3 is 0 Å². The maximum atomic E-state index is 12.6. The quantitative estimate of drug-likeness (QED) is 0.473. The lowest BCUT2D eigenvalue weighted by Gasteiger charge is -2.10. The van der Waals surface area contributed by atoms with Crippen molar-refractivity contribution >= 4 is 21.4 Å². The predicted octanol–water partition coefficient (Wildman–Crippen LogP) is 4.52. The molecule has 30 heavy (non-hydrogen) atoms. The average Bonchev–Trinajstić information content (AvgIpc) is 3.38. The molecule has 4 aromatic rings. The second-order valence-corrected chi connectivity index (χ2v) is 9.72. The first kappa shape index (κ1) is 20.4. The first-order valence-corrected chi connectivity index (χ1v) is 11.6. The third kappa shape index (κ3) is 4.33. The van der Waals surface area contributed by atoms with E-state index >= 15 is 0 Å². The van der Waals surface area contributed by atoms with Crippen LogP contribution in [0.15, 0.2) is 63.3 Å². The summed E-state index contributed by atoms with van der Waals surface area (Å²) < 4.78 is 33.0. The molecular weight excluding hydrogens is 420 g/mol. The average molecular weight is 441 g/mol. The van der Waals surface area contributed by atoms with E-state index in [1.54, 1.807) is 42.5 Å². The summed E-state index contributed by atoms with van der Waals surface area (Å²) in [4.78, 5) is 9.03. The van der Waals surface area contributed by atoms with E-state index in [2.05, 4.69) is 19.8 Å². The number of rotatable bonds is 6. The molecule has 4 rings (SSSR count). The molecule has 2 heterocycles. The highest BCUT2D eigenvalue weighted by atomic mass is 32.2. The molecule has 0 spiro atoms. The summed E-state index contributed by atoms with van der Waals surface area (Å²) in [5.74, 6) is 0.590. The van der Waals surface area contributed by atoms with Crippen molar-refractivity contribution in [3.63, 3.8) is 0 Å². The van der Waals surface area contributed by atoms with E-state index in [1.165, 1.54) is 0 Å². The molecule has 7 nitrogen and oxygen atoms in total. The molecule has 0 saturated heterocycles. The first-order chi connectivity index (χ1) is 14.3. The maximum Gasteiger partial charge on any atom is 0.244 e. The fourth-order valence-electron chi connectivity index (χ4n) is 2.88. The zero-order chi connectivity index (χ0) is 21.3. The van der Waals surface area contributed by atoms with Crippen molar-refractivity contribution in [2.45, 2.75) is 31.7 Å². The maximum absolute atomic E-state index is 12.6. The zero-order valence-corrected chi connectivity index (χ0v) is 18.3. The van der Waals surface area contributed by atoms with Crippen LogP contribution in [0.4, 0.5) is 0 Å². The van der Waals surface area contributed by atoms with Crippen molar-refractivity contribution in [1.82, 2.24) is 19.8 Å². The number of benzene rings is 2. The van der Waals surface area contributed by atoms with E-state index in [9.17, 15) is 8.42 Å². The molecule has 1 N–H and O–H groups in total. The first-order valence-electron chi connectivity index (χ1n) is 9.27. The highest BCUT2D eigenvalue weighted by Crippen LogP contribution is 2.25. The predicted molar refractivity (Wildman–Crippen MR) is 115 cm³/mol. The van der Waals surface area contributed by atoms with E-state index in [0.717, 1.165) is 27.4 Å². The molecule has 0 aliphatic rings. The Morgan fingerprint density at radius 1 is 0.967 bits per heavy atom. The molecule has 0 amide bonds. The number of aromatic nitrogens is 3. The Balaban J connectivity index is 1.50. The van der Waals surface area contributed by atoms with Crippen molar-refractivity contribution in [3.05, 3.63) is 70.4 Å². The summed E-state index contributed by atoms with van der Waals surface area (Å²) >= 11 is 1.60. The van der Waals surface area contributed by atoms with Gasteiger partial charge < -0.3 is 4.52 Å². The van der Waals surface area contributed by atoms with Gasteiger partial charge in [-0.1, -0.05) is 47.1 Å². The van der Waals surface area contributed by atoms with E-state index in [0.29, 0.717) is 5.82 Å². The van der Waals surface area contributed by atoms with Gasteiger partial charge in [-0.15, -0.1) is 11.3 Å². The molecule has 2 aromatic heterocycles. The minimum atomic E-state index is -3.70. The van der Waals surface area contributed by atoms with Crippen LogP contribution < -0.4 is 4.72 Å². The van der Waals surface area contributed by atoms with Gasteiger partial charge in [-0.3, -0.25) is 0 Å². The molecule has 0 aliphatic carbocycles. The Labute approximate surface area is 178 Å². The van der Waals surface area contributed by atoms with Gasteiger partial charge in [0.15, 0.2) is 0 Å². The van der Waals surface area contributed by atoms with Crippen LogP contribution in [0.1, 0.15) is 29.4 Å². The van der Waals surface area contributed by atoms with E-state index < -0.39 is 16.1 Å². The number of thiazole rings is 1. The van der Waals surface area contributed by atoms with Crippen LogP contribution >= 0.6 is 11.3 Å². The van der Waals surface area contributed by atoms with Crippen LogP contribution in [0.3, 0.4) is 0 Å². The number of nitrogens with one attached hydrogen (secondary N) is 1. The van der Waals surface area contributed by atoms with Gasteiger partial charge in [-0.05, 0) is 32.9 Å². The summed E-state index contributed by atoms with van der Waals surface area (Å²) in [6.45, 7) is 5.53. The standard InChI is InChI=1S/C21H20N4O3S2/c1-13-4-10-18(11-5-13)30(26,27)25-14(2)21-23-20(24-28-21)17-8-6-16(7-9-17)19-12-29-15(3)22-19/h4-12,14,25H,1-3H3/t14-/m1/s1. The lowest BCUT2D eigenvalue weighted by molar-refractivity contribution is 0.354. The van der Waals surface area contributed by atoms with Crippen LogP contribution in [-0.2, 0) is 10.0 Å². The molecule has 0 unspecified atom stereocenters. The van der Waals surface area contributed by atoms with Crippen LogP contribution in [0, 0.1) is 13.8 Å². The van der Waals surface area contributed by atoms with Gasteiger partial charge in [0.25, 0.3) is 0 Å². The molecule has 154 valence electrons. The molecule has 1 atom stereocenters. The van der Waals surface area contributed by atoms with Crippen LogP contribution in [0.25, 0.3) is 22.6 Å². The third-order valence-corrected chi connectivity index (χ3v) is 6.86. The van der Waals surface area contributed by atoms with Crippen molar-refractivity contribution in [2.24, 2.45) is 0 Å². The summed E-state index contributed by atoms with van der Waals surface area (Å²) in [5, 5.41) is 7.02. The van der Waals surface area contributed by atoms with Crippen molar-refractivity contribution in [3.8, 4) is 22.6 Å². The van der Waals surface area contributed by atoms with Gasteiger partial charge in [-0.25, -0.2) is 13.4 Å². The Kier molecular flexibility index (Phi) is 5.50. The normalized spacial score (nSPS) is 12.8. The largest absolute Gasteiger partial charge is 0.337 e. The van der Waals surface area contributed by atoms with Gasteiger partial charge in [0.1, 0.15) is 0 Å². The van der Waals surface area contributed by atoms with E-state index in [1.807, 2.05) is 43.5 Å². The summed E-state index contributed by atoms with van der Waals surface area (Å²) in [7, 11) is -3.70. The monoisotopic (exact) mass is 440 g/mol. The van der Waals surface area contributed by atoms with Gasteiger partial charge in [0.2, 0.25) is 21.7 Å². The van der Waals surface area contributed by atoms with Crippen LogP contribution in [0.2, 0.25) is 0 Å². The fourth-order valence-corrected chi connectivity index (χ4v) is 4.70. The number of nitrogens with zero attached hydrogens (tertiary/aromatic N) is 3. The lowest BCUT2D eigenvalue weighted by Crippen LogP contribution is -2.27. The molecule has 0 fully saturated rings. The Morgan fingerprint density at radius 2 is 1.63 bits per heavy atom. The van der Waals surface area contributed by atoms with Crippen LogP contribution in [-0.4, -0.2) is 23.5 Å². The second-order valence-electron chi connectivity index (χ2n) is 6.94. The van der Waals surface area contributed by atoms with Gasteiger partial charge in [-0.2, -0.15) is 9.71 Å². The van der Waals surface area contributed by atoms with Crippen molar-refractivity contribution < 1.29 is 12.9 Å². The molecule has 0 bridgehead atoms. The van der Waals surface area contributed by atoms with Crippen LogP contribution in [0.5, 0.6) is 0 Å². The number of aryl methyl sites for hydroxylation is 2. The third-order valence-electron chi connectivity index (χ3n) is 4.53. The number of sulfonamides is 1. The Bertz CT molecular complexity index is 1260. The Morgan fingerprint density at radius 3 is 2.27 bits per heavy atom. The summed E-state index contributed by atoms with van der Waals surface area (Å²) in [6, 6.07) is 13.6. The lowest BCUT2D eigenvalue weighted by atomic mass is 10.1. The van der Waals surface area contributed by atoms with Crippen molar-refractivity contribution in [1.29, 1.82) is 0 Å². The molecule has 0 saturated carbocycles. The highest BCUT2D eigenvalue weighted by Gasteiger charge is 2.22. The zero-order valence-electron chi connectivity index (χ0n) is 16.7. The smallest absolute Gasteiger partial charge is 0.244 e.